The van der Waals surface area contributed by atoms with Gasteiger partial charge in [0.2, 0.25) is 0 Å². The molecule has 2 N–H and O–H groups in total. The van der Waals surface area contributed by atoms with E-state index >= 15 is 0 Å². The summed E-state index contributed by atoms with van der Waals surface area (Å²) >= 11 is 0. The molecule has 0 bridgehead atoms. The van der Waals surface area contributed by atoms with Crippen LogP contribution in [0.1, 0.15) is 26.2 Å². The molecule has 1 saturated carbocycles. The number of methoxy groups -OCH3 is 1. The predicted octanol–water partition coefficient (Wildman–Crippen LogP) is 2.66. The zero-order chi connectivity index (χ0) is 11.5. The second-order valence-corrected chi connectivity index (χ2v) is 4.32. The van der Waals surface area contributed by atoms with Gasteiger partial charge in [-0.2, -0.15) is 0 Å². The van der Waals surface area contributed by atoms with Crippen molar-refractivity contribution >= 4 is 11.4 Å². The second-order valence-electron chi connectivity index (χ2n) is 4.32. The van der Waals surface area contributed by atoms with Crippen LogP contribution in [0.2, 0.25) is 0 Å². The SMILES string of the molecule is CCCN(c1cccc(OC)c1N)C1CC1. The van der Waals surface area contributed by atoms with Gasteiger partial charge in [-0.3, -0.25) is 0 Å². The topological polar surface area (TPSA) is 38.5 Å². The first-order chi connectivity index (χ1) is 7.77. The zero-order valence-electron chi connectivity index (χ0n) is 10.1. The van der Waals surface area contributed by atoms with Crippen LogP contribution >= 0.6 is 0 Å². The van der Waals surface area contributed by atoms with Crippen molar-refractivity contribution in [3.05, 3.63) is 18.2 Å². The largest absolute Gasteiger partial charge is 0.495 e. The van der Waals surface area contributed by atoms with Gasteiger partial charge < -0.3 is 15.4 Å². The lowest BCUT2D eigenvalue weighted by molar-refractivity contribution is 0.417. The molecule has 0 atom stereocenters. The Morgan fingerprint density at radius 1 is 1.44 bits per heavy atom. The molecule has 2 rings (SSSR count). The van der Waals surface area contributed by atoms with Gasteiger partial charge >= 0.3 is 0 Å². The minimum atomic E-state index is 0.689. The molecule has 1 fully saturated rings. The summed E-state index contributed by atoms with van der Waals surface area (Å²) < 4.78 is 5.26. The van der Waals surface area contributed by atoms with Gasteiger partial charge in [-0.25, -0.2) is 0 Å². The summed E-state index contributed by atoms with van der Waals surface area (Å²) in [5.41, 5.74) is 8.02. The van der Waals surface area contributed by atoms with Gasteiger partial charge in [-0.1, -0.05) is 13.0 Å². The van der Waals surface area contributed by atoms with Gasteiger partial charge in [0.05, 0.1) is 18.5 Å². The minimum Gasteiger partial charge on any atom is -0.495 e. The third-order valence-corrected chi connectivity index (χ3v) is 3.02. The first kappa shape index (κ1) is 11.1. The van der Waals surface area contributed by atoms with Crippen molar-refractivity contribution in [2.45, 2.75) is 32.2 Å². The maximum Gasteiger partial charge on any atom is 0.143 e. The van der Waals surface area contributed by atoms with E-state index in [1.165, 1.54) is 12.8 Å². The maximum atomic E-state index is 6.12. The highest BCUT2D eigenvalue weighted by atomic mass is 16.5. The second kappa shape index (κ2) is 4.64. The van der Waals surface area contributed by atoms with Crippen molar-refractivity contribution in [3.8, 4) is 5.75 Å². The number of nitrogen functional groups attached to an aromatic ring is 1. The van der Waals surface area contributed by atoms with Crippen molar-refractivity contribution in [1.29, 1.82) is 0 Å². The summed E-state index contributed by atoms with van der Waals surface area (Å²) in [5, 5.41) is 0. The Morgan fingerprint density at radius 3 is 2.75 bits per heavy atom. The monoisotopic (exact) mass is 220 g/mol. The minimum absolute atomic E-state index is 0.689. The molecule has 0 aromatic heterocycles. The molecule has 0 unspecified atom stereocenters. The first-order valence-electron chi connectivity index (χ1n) is 5.97. The third kappa shape index (κ3) is 2.08. The Kier molecular flexibility index (Phi) is 3.22. The van der Waals surface area contributed by atoms with E-state index in [-0.39, 0.29) is 0 Å². The van der Waals surface area contributed by atoms with Crippen LogP contribution in [0.25, 0.3) is 0 Å². The molecule has 1 aliphatic rings. The standard InChI is InChI=1S/C13H20N2O/c1-3-9-15(10-7-8-10)11-5-4-6-12(16-2)13(11)14/h4-6,10H,3,7-9,14H2,1-2H3. The Balaban J connectivity index is 2.29. The number of hydrogen-bond acceptors (Lipinski definition) is 3. The average Bonchev–Trinajstić information content (AvgIpc) is 3.11. The van der Waals surface area contributed by atoms with Gasteiger partial charge in [0.1, 0.15) is 5.75 Å². The molecule has 1 aromatic carbocycles. The van der Waals surface area contributed by atoms with Gasteiger partial charge in [-0.05, 0) is 31.4 Å². The lowest BCUT2D eigenvalue weighted by atomic mass is 10.2. The Labute approximate surface area is 97.2 Å². The molecule has 0 heterocycles. The number of nitrogens with two attached hydrogens (primary N) is 1. The molecule has 0 spiro atoms. The maximum absolute atomic E-state index is 6.12. The van der Waals surface area contributed by atoms with E-state index in [0.717, 1.165) is 30.1 Å². The highest BCUT2D eigenvalue weighted by Gasteiger charge is 2.30. The highest BCUT2D eigenvalue weighted by Crippen LogP contribution is 2.38. The molecule has 3 nitrogen and oxygen atoms in total. The van der Waals surface area contributed by atoms with Crippen LogP contribution in [-0.4, -0.2) is 19.7 Å². The smallest absolute Gasteiger partial charge is 0.143 e. The summed E-state index contributed by atoms with van der Waals surface area (Å²) in [6, 6.07) is 6.70. The van der Waals surface area contributed by atoms with E-state index in [9.17, 15) is 0 Å². The fourth-order valence-electron chi connectivity index (χ4n) is 2.09. The van der Waals surface area contributed by atoms with Crippen LogP contribution < -0.4 is 15.4 Å². The van der Waals surface area contributed by atoms with E-state index < -0.39 is 0 Å². The molecular weight excluding hydrogens is 200 g/mol. The fourth-order valence-corrected chi connectivity index (χ4v) is 2.09. The normalized spacial score (nSPS) is 14.9. The number of anilines is 2. The van der Waals surface area contributed by atoms with E-state index in [1.807, 2.05) is 12.1 Å². The van der Waals surface area contributed by atoms with E-state index in [1.54, 1.807) is 7.11 Å². The van der Waals surface area contributed by atoms with Crippen LogP contribution in [0.3, 0.4) is 0 Å². The molecule has 0 saturated heterocycles. The molecule has 0 amide bonds. The number of para-hydroxylation sites is 1. The van der Waals surface area contributed by atoms with Crippen LogP contribution in [0, 0.1) is 0 Å². The Morgan fingerprint density at radius 2 is 2.19 bits per heavy atom. The first-order valence-corrected chi connectivity index (χ1v) is 5.97. The van der Waals surface area contributed by atoms with Crippen LogP contribution in [0.4, 0.5) is 11.4 Å². The Bertz CT molecular complexity index is 361. The lowest BCUT2D eigenvalue weighted by Gasteiger charge is -2.26. The predicted molar refractivity (Wildman–Crippen MR) is 68.1 cm³/mol. The molecule has 0 aliphatic heterocycles. The molecule has 3 heteroatoms. The number of nitrogens with zero attached hydrogens (tertiary/aromatic N) is 1. The summed E-state index contributed by atoms with van der Waals surface area (Å²) in [4.78, 5) is 2.41. The number of rotatable bonds is 5. The summed E-state index contributed by atoms with van der Waals surface area (Å²) in [6.45, 7) is 3.27. The quantitative estimate of drug-likeness (QED) is 0.775. The van der Waals surface area contributed by atoms with Crippen molar-refractivity contribution in [2.75, 3.05) is 24.3 Å². The molecule has 1 aliphatic carbocycles. The van der Waals surface area contributed by atoms with Crippen molar-refractivity contribution in [3.63, 3.8) is 0 Å². The molecule has 1 aromatic rings. The Hall–Kier alpha value is -1.38. The summed E-state index contributed by atoms with van der Waals surface area (Å²) in [5.74, 6) is 0.777. The molecule has 16 heavy (non-hydrogen) atoms. The van der Waals surface area contributed by atoms with Crippen LogP contribution in [-0.2, 0) is 0 Å². The number of hydrogen-bond donors (Lipinski definition) is 1. The van der Waals surface area contributed by atoms with E-state index in [0.29, 0.717) is 6.04 Å². The van der Waals surface area contributed by atoms with Gasteiger partial charge in [0.15, 0.2) is 0 Å². The average molecular weight is 220 g/mol. The highest BCUT2D eigenvalue weighted by molar-refractivity contribution is 5.74. The van der Waals surface area contributed by atoms with Gasteiger partial charge in [0.25, 0.3) is 0 Å². The number of benzene rings is 1. The molecule has 0 radical (unpaired) electrons. The van der Waals surface area contributed by atoms with Crippen LogP contribution in [0.15, 0.2) is 18.2 Å². The molecular formula is C13H20N2O. The van der Waals surface area contributed by atoms with Crippen molar-refractivity contribution < 1.29 is 4.74 Å². The lowest BCUT2D eigenvalue weighted by Crippen LogP contribution is -2.27. The van der Waals surface area contributed by atoms with Crippen molar-refractivity contribution in [1.82, 2.24) is 0 Å². The van der Waals surface area contributed by atoms with Gasteiger partial charge in [0, 0.05) is 12.6 Å². The summed E-state index contributed by atoms with van der Waals surface area (Å²) in [6.07, 6.45) is 3.72. The summed E-state index contributed by atoms with van der Waals surface area (Å²) in [7, 11) is 1.66. The third-order valence-electron chi connectivity index (χ3n) is 3.02. The van der Waals surface area contributed by atoms with E-state index in [4.69, 9.17) is 10.5 Å². The van der Waals surface area contributed by atoms with Crippen molar-refractivity contribution in [2.24, 2.45) is 0 Å². The van der Waals surface area contributed by atoms with Crippen LogP contribution in [0.5, 0.6) is 5.75 Å². The fraction of sp³-hybridized carbons (Fsp3) is 0.538. The molecule has 88 valence electrons. The zero-order valence-corrected chi connectivity index (χ0v) is 10.1. The van der Waals surface area contributed by atoms with E-state index in [2.05, 4.69) is 17.9 Å². The number of ether oxygens (including phenoxy) is 1. The van der Waals surface area contributed by atoms with Gasteiger partial charge in [-0.15, -0.1) is 0 Å².